The lowest BCUT2D eigenvalue weighted by molar-refractivity contribution is 0.322. The fourth-order valence-corrected chi connectivity index (χ4v) is 2.59. The standard InChI is InChI=1S/C19H24FN3S/c1-15-9-10-17(13-18(15)20)22-19(24)21-11-6-12-23(2)14-16-7-4-3-5-8-16/h3-5,7-10,13H,6,11-12,14H2,1-2H3,(H2,21,22,24). The van der Waals surface area contributed by atoms with E-state index in [0.29, 0.717) is 16.4 Å². The van der Waals surface area contributed by atoms with E-state index in [2.05, 4.69) is 46.8 Å². The molecule has 0 saturated heterocycles. The lowest BCUT2D eigenvalue weighted by Crippen LogP contribution is -2.31. The van der Waals surface area contributed by atoms with Crippen LogP contribution in [-0.2, 0) is 6.54 Å². The summed E-state index contributed by atoms with van der Waals surface area (Å²) in [5.41, 5.74) is 2.60. The summed E-state index contributed by atoms with van der Waals surface area (Å²) in [5, 5.41) is 6.68. The van der Waals surface area contributed by atoms with Crippen LogP contribution in [0.15, 0.2) is 48.5 Å². The average molecular weight is 345 g/mol. The number of nitrogens with one attached hydrogen (secondary N) is 2. The van der Waals surface area contributed by atoms with E-state index >= 15 is 0 Å². The van der Waals surface area contributed by atoms with Crippen LogP contribution >= 0.6 is 12.2 Å². The van der Waals surface area contributed by atoms with Gasteiger partial charge >= 0.3 is 0 Å². The number of hydrogen-bond acceptors (Lipinski definition) is 2. The van der Waals surface area contributed by atoms with Crippen molar-refractivity contribution in [1.82, 2.24) is 10.2 Å². The molecule has 128 valence electrons. The van der Waals surface area contributed by atoms with Gasteiger partial charge in [-0.2, -0.15) is 0 Å². The summed E-state index contributed by atoms with van der Waals surface area (Å²) < 4.78 is 13.5. The second kappa shape index (κ2) is 9.35. The molecule has 0 radical (unpaired) electrons. The smallest absolute Gasteiger partial charge is 0.170 e. The summed E-state index contributed by atoms with van der Waals surface area (Å²) in [7, 11) is 2.11. The Hall–Kier alpha value is -1.98. The van der Waals surface area contributed by atoms with E-state index in [0.717, 1.165) is 26.1 Å². The van der Waals surface area contributed by atoms with Gasteiger partial charge in [0.15, 0.2) is 5.11 Å². The monoisotopic (exact) mass is 345 g/mol. The number of halogens is 1. The van der Waals surface area contributed by atoms with E-state index in [1.165, 1.54) is 11.6 Å². The third kappa shape index (κ3) is 6.26. The fraction of sp³-hybridized carbons (Fsp3) is 0.316. The minimum Gasteiger partial charge on any atom is -0.362 e. The van der Waals surface area contributed by atoms with Crippen molar-refractivity contribution < 1.29 is 4.39 Å². The van der Waals surface area contributed by atoms with Crippen molar-refractivity contribution in [3.8, 4) is 0 Å². The Balaban J connectivity index is 1.64. The molecule has 5 heteroatoms. The van der Waals surface area contributed by atoms with Crippen molar-refractivity contribution >= 4 is 23.0 Å². The molecule has 0 aliphatic rings. The topological polar surface area (TPSA) is 27.3 Å². The molecule has 2 rings (SSSR count). The van der Waals surface area contributed by atoms with Gasteiger partial charge in [-0.1, -0.05) is 36.4 Å². The normalized spacial score (nSPS) is 10.7. The third-order valence-corrected chi connectivity index (χ3v) is 3.97. The van der Waals surface area contributed by atoms with Gasteiger partial charge in [-0.25, -0.2) is 4.39 Å². The molecule has 24 heavy (non-hydrogen) atoms. The maximum atomic E-state index is 13.5. The van der Waals surface area contributed by atoms with Gasteiger partial charge in [0.2, 0.25) is 0 Å². The van der Waals surface area contributed by atoms with Gasteiger partial charge in [-0.3, -0.25) is 0 Å². The van der Waals surface area contributed by atoms with Crippen LogP contribution in [0.4, 0.5) is 10.1 Å². The fourth-order valence-electron chi connectivity index (χ4n) is 2.37. The van der Waals surface area contributed by atoms with Crippen molar-refractivity contribution in [2.45, 2.75) is 19.9 Å². The van der Waals surface area contributed by atoms with E-state index in [1.807, 2.05) is 12.1 Å². The molecule has 0 unspecified atom stereocenters. The lowest BCUT2D eigenvalue weighted by atomic mass is 10.2. The molecule has 2 N–H and O–H groups in total. The molecule has 0 amide bonds. The van der Waals surface area contributed by atoms with E-state index in [9.17, 15) is 4.39 Å². The van der Waals surface area contributed by atoms with Crippen LogP contribution in [0.3, 0.4) is 0 Å². The predicted molar refractivity (Wildman–Crippen MR) is 103 cm³/mol. The highest BCUT2D eigenvalue weighted by atomic mass is 32.1. The van der Waals surface area contributed by atoms with E-state index in [1.54, 1.807) is 13.0 Å². The maximum absolute atomic E-state index is 13.5. The first-order valence-corrected chi connectivity index (χ1v) is 8.49. The van der Waals surface area contributed by atoms with Crippen molar-refractivity contribution in [3.63, 3.8) is 0 Å². The zero-order valence-electron chi connectivity index (χ0n) is 14.2. The van der Waals surface area contributed by atoms with Crippen LogP contribution in [0.5, 0.6) is 0 Å². The molecule has 0 atom stereocenters. The molecule has 2 aromatic carbocycles. The molecule has 0 fully saturated rings. The Labute approximate surface area is 148 Å². The van der Waals surface area contributed by atoms with Crippen molar-refractivity contribution in [1.29, 1.82) is 0 Å². The van der Waals surface area contributed by atoms with Gasteiger partial charge in [-0.15, -0.1) is 0 Å². The number of aryl methyl sites for hydroxylation is 1. The first-order chi connectivity index (χ1) is 11.5. The van der Waals surface area contributed by atoms with Crippen molar-refractivity contribution in [2.75, 3.05) is 25.5 Å². The summed E-state index contributed by atoms with van der Waals surface area (Å²) in [6, 6.07) is 15.4. The van der Waals surface area contributed by atoms with Gasteiger partial charge in [0.05, 0.1) is 0 Å². The van der Waals surface area contributed by atoms with E-state index in [-0.39, 0.29) is 5.82 Å². The molecule has 0 bridgehead atoms. The van der Waals surface area contributed by atoms with Crippen LogP contribution in [-0.4, -0.2) is 30.1 Å². The van der Waals surface area contributed by atoms with Crippen LogP contribution in [0.25, 0.3) is 0 Å². The van der Waals surface area contributed by atoms with Crippen LogP contribution in [0, 0.1) is 12.7 Å². The zero-order valence-corrected chi connectivity index (χ0v) is 15.0. The van der Waals surface area contributed by atoms with Crippen molar-refractivity contribution in [2.24, 2.45) is 0 Å². The summed E-state index contributed by atoms with van der Waals surface area (Å²) >= 11 is 5.24. The molecule has 0 aromatic heterocycles. The number of anilines is 1. The molecular weight excluding hydrogens is 321 g/mol. The second-order valence-electron chi connectivity index (χ2n) is 5.92. The SMILES string of the molecule is Cc1ccc(NC(=S)NCCCN(C)Cc2ccccc2)cc1F. The van der Waals surface area contributed by atoms with Crippen LogP contribution in [0.1, 0.15) is 17.5 Å². The van der Waals surface area contributed by atoms with Gasteiger partial charge < -0.3 is 15.5 Å². The van der Waals surface area contributed by atoms with Crippen molar-refractivity contribution in [3.05, 3.63) is 65.5 Å². The molecule has 0 heterocycles. The molecule has 3 nitrogen and oxygen atoms in total. The summed E-state index contributed by atoms with van der Waals surface area (Å²) in [6.07, 6.45) is 0.980. The first kappa shape index (κ1) is 18.4. The highest BCUT2D eigenvalue weighted by Crippen LogP contribution is 2.13. The Bertz CT molecular complexity index is 661. The molecular formula is C19H24FN3S. The second-order valence-corrected chi connectivity index (χ2v) is 6.33. The van der Waals surface area contributed by atoms with Gasteiger partial charge in [-0.05, 0) is 62.4 Å². The molecule has 0 aliphatic heterocycles. The number of hydrogen-bond donors (Lipinski definition) is 2. The zero-order chi connectivity index (χ0) is 17.4. The van der Waals surface area contributed by atoms with Gasteiger partial charge in [0.1, 0.15) is 5.82 Å². The molecule has 2 aromatic rings. The Morgan fingerprint density at radius 2 is 1.92 bits per heavy atom. The Kier molecular flexibility index (Phi) is 7.15. The van der Waals surface area contributed by atoms with Crippen LogP contribution < -0.4 is 10.6 Å². The molecule has 0 spiro atoms. The maximum Gasteiger partial charge on any atom is 0.170 e. The quantitative estimate of drug-likeness (QED) is 0.587. The summed E-state index contributed by atoms with van der Waals surface area (Å²) in [5.74, 6) is -0.231. The minimum absolute atomic E-state index is 0.231. The first-order valence-electron chi connectivity index (χ1n) is 8.08. The predicted octanol–water partition coefficient (Wildman–Crippen LogP) is 3.94. The largest absolute Gasteiger partial charge is 0.362 e. The molecule has 0 saturated carbocycles. The van der Waals surface area contributed by atoms with Gasteiger partial charge in [0, 0.05) is 18.8 Å². The van der Waals surface area contributed by atoms with E-state index < -0.39 is 0 Å². The van der Waals surface area contributed by atoms with E-state index in [4.69, 9.17) is 12.2 Å². The lowest BCUT2D eigenvalue weighted by Gasteiger charge is -2.17. The number of nitrogens with zero attached hydrogens (tertiary/aromatic N) is 1. The number of rotatable bonds is 7. The third-order valence-electron chi connectivity index (χ3n) is 3.73. The average Bonchev–Trinajstić information content (AvgIpc) is 2.56. The highest BCUT2D eigenvalue weighted by molar-refractivity contribution is 7.80. The minimum atomic E-state index is -0.231. The number of benzene rings is 2. The van der Waals surface area contributed by atoms with Gasteiger partial charge in [0.25, 0.3) is 0 Å². The summed E-state index contributed by atoms with van der Waals surface area (Å²) in [4.78, 5) is 2.28. The van der Waals surface area contributed by atoms with Crippen LogP contribution in [0.2, 0.25) is 0 Å². The Morgan fingerprint density at radius 1 is 1.17 bits per heavy atom. The molecule has 0 aliphatic carbocycles. The Morgan fingerprint density at radius 3 is 2.62 bits per heavy atom. The summed E-state index contributed by atoms with van der Waals surface area (Å²) in [6.45, 7) is 4.43. The highest BCUT2D eigenvalue weighted by Gasteiger charge is 2.03. The number of thiocarbonyl (C=S) groups is 1.